The van der Waals surface area contributed by atoms with E-state index in [0.717, 1.165) is 43.6 Å². The van der Waals surface area contributed by atoms with Gasteiger partial charge in [0.15, 0.2) is 5.15 Å². The third-order valence-electron chi connectivity index (χ3n) is 4.81. The first kappa shape index (κ1) is 14.5. The Bertz CT molecular complexity index is 746. The number of hydrogen-bond acceptors (Lipinski definition) is 3. The minimum absolute atomic E-state index is 0.246. The number of hydrogen-bond donors (Lipinski definition) is 0. The van der Waals surface area contributed by atoms with E-state index in [9.17, 15) is 4.79 Å². The molecular weight excluding hydrogens is 368 g/mol. The van der Waals surface area contributed by atoms with Gasteiger partial charge in [-0.05, 0) is 41.6 Å². The van der Waals surface area contributed by atoms with Crippen LogP contribution in [-0.2, 0) is 4.79 Å². The molecule has 2 aliphatic heterocycles. The molecule has 22 heavy (non-hydrogen) atoms. The lowest BCUT2D eigenvalue weighted by atomic mass is 9.87. The fourth-order valence-electron chi connectivity index (χ4n) is 3.75. The average molecular weight is 384 g/mol. The van der Waals surface area contributed by atoms with Crippen LogP contribution in [0.4, 0.5) is 0 Å². The summed E-state index contributed by atoms with van der Waals surface area (Å²) in [6.07, 6.45) is 8.54. The lowest BCUT2D eigenvalue weighted by molar-refractivity contribution is -0.138. The van der Waals surface area contributed by atoms with Crippen LogP contribution in [0.15, 0.2) is 17.0 Å². The normalized spacial score (nSPS) is 25.5. The molecule has 2 atom stereocenters. The number of piperidine rings is 2. The molecule has 0 unspecified atom stereocenters. The molecule has 2 fully saturated rings. The number of rotatable bonds is 1. The Hall–Kier alpha value is -1.14. The summed E-state index contributed by atoms with van der Waals surface area (Å²) >= 11 is 9.66. The number of fused-ring (bicyclic) bond motifs is 2. The van der Waals surface area contributed by atoms with Crippen molar-refractivity contribution in [3.05, 3.63) is 28.0 Å². The number of amides is 1. The van der Waals surface area contributed by atoms with E-state index >= 15 is 0 Å². The van der Waals surface area contributed by atoms with Gasteiger partial charge in [0.1, 0.15) is 15.9 Å². The Morgan fingerprint density at radius 1 is 1.32 bits per heavy atom. The number of halogens is 2. The molecule has 7 heteroatoms. The quantitative estimate of drug-likeness (QED) is 0.758. The zero-order chi connectivity index (χ0) is 15.3. The van der Waals surface area contributed by atoms with Crippen molar-refractivity contribution in [1.82, 2.24) is 19.3 Å². The summed E-state index contributed by atoms with van der Waals surface area (Å²) in [7, 11) is 0. The van der Waals surface area contributed by atoms with Crippen molar-refractivity contribution in [2.24, 2.45) is 0 Å². The lowest BCUT2D eigenvalue weighted by Gasteiger charge is -2.42. The van der Waals surface area contributed by atoms with Crippen LogP contribution in [0.5, 0.6) is 0 Å². The van der Waals surface area contributed by atoms with Gasteiger partial charge in [0, 0.05) is 37.3 Å². The molecule has 4 heterocycles. The number of aromatic nitrogens is 3. The van der Waals surface area contributed by atoms with Gasteiger partial charge in [-0.25, -0.2) is 9.97 Å². The zero-order valence-electron chi connectivity index (χ0n) is 12.0. The Morgan fingerprint density at radius 2 is 2.18 bits per heavy atom. The van der Waals surface area contributed by atoms with Crippen LogP contribution < -0.4 is 0 Å². The molecule has 0 N–H and O–H groups in total. The topological polar surface area (TPSA) is 50.5 Å². The second kappa shape index (κ2) is 5.49. The first-order valence-electron chi connectivity index (χ1n) is 7.62. The highest BCUT2D eigenvalue weighted by Gasteiger charge is 2.36. The van der Waals surface area contributed by atoms with Crippen molar-refractivity contribution in [2.45, 2.75) is 44.1 Å². The van der Waals surface area contributed by atoms with E-state index in [4.69, 9.17) is 11.6 Å². The van der Waals surface area contributed by atoms with Crippen LogP contribution in [-0.4, -0.2) is 37.8 Å². The monoisotopic (exact) mass is 382 g/mol. The molecule has 2 aromatic heterocycles. The van der Waals surface area contributed by atoms with Crippen molar-refractivity contribution in [1.29, 1.82) is 0 Å². The van der Waals surface area contributed by atoms with Crippen LogP contribution in [0, 0.1) is 0 Å². The molecule has 0 radical (unpaired) electrons. The molecule has 2 aromatic rings. The maximum Gasteiger partial charge on any atom is 0.222 e. The molecule has 0 aromatic carbocycles. The van der Waals surface area contributed by atoms with E-state index in [1.807, 2.05) is 10.6 Å². The Balaban J connectivity index is 1.71. The fraction of sp³-hybridized carbons (Fsp3) is 0.533. The van der Waals surface area contributed by atoms with Gasteiger partial charge in [-0.1, -0.05) is 11.6 Å². The standard InChI is InChI=1S/C15H16BrClN4O/c16-13-12-14(17)18-6-7-20(12)15(19-13)9-4-5-10-2-1-3-11(22)21(10)8-9/h6-7,9-10H,1-5,8H2/t9-,10+/m0/s1. The van der Waals surface area contributed by atoms with Gasteiger partial charge in [0.05, 0.1) is 0 Å². The van der Waals surface area contributed by atoms with Gasteiger partial charge in [-0.3, -0.25) is 9.20 Å². The molecular formula is C15H16BrClN4O. The first-order valence-corrected chi connectivity index (χ1v) is 8.79. The van der Waals surface area contributed by atoms with Crippen molar-refractivity contribution < 1.29 is 4.79 Å². The maximum absolute atomic E-state index is 12.2. The Labute approximate surface area is 141 Å². The molecule has 0 saturated carbocycles. The Kier molecular flexibility index (Phi) is 3.61. The predicted octanol–water partition coefficient (Wildman–Crippen LogP) is 3.40. The van der Waals surface area contributed by atoms with Crippen molar-refractivity contribution in [3.63, 3.8) is 0 Å². The number of carbonyl (C=O) groups is 1. The van der Waals surface area contributed by atoms with Crippen molar-refractivity contribution >= 4 is 39.0 Å². The smallest absolute Gasteiger partial charge is 0.222 e. The average Bonchev–Trinajstić information content (AvgIpc) is 2.86. The molecule has 1 amide bonds. The summed E-state index contributed by atoms with van der Waals surface area (Å²) in [5, 5.41) is 0.441. The molecule has 0 bridgehead atoms. The van der Waals surface area contributed by atoms with E-state index in [-0.39, 0.29) is 5.92 Å². The van der Waals surface area contributed by atoms with E-state index < -0.39 is 0 Å². The summed E-state index contributed by atoms with van der Waals surface area (Å²) in [6.45, 7) is 0.759. The van der Waals surface area contributed by atoms with Crippen LogP contribution in [0.3, 0.4) is 0 Å². The summed E-state index contributed by atoms with van der Waals surface area (Å²) in [5.41, 5.74) is 0.797. The summed E-state index contributed by atoms with van der Waals surface area (Å²) < 4.78 is 2.71. The Morgan fingerprint density at radius 3 is 3.05 bits per heavy atom. The van der Waals surface area contributed by atoms with Crippen molar-refractivity contribution in [2.75, 3.05) is 6.54 Å². The van der Waals surface area contributed by atoms with Crippen molar-refractivity contribution in [3.8, 4) is 0 Å². The zero-order valence-corrected chi connectivity index (χ0v) is 14.3. The lowest BCUT2D eigenvalue weighted by Crippen LogP contribution is -2.48. The second-order valence-corrected chi connectivity index (χ2v) is 7.17. The van der Waals surface area contributed by atoms with Gasteiger partial charge in [-0.15, -0.1) is 0 Å². The minimum Gasteiger partial charge on any atom is -0.339 e. The summed E-state index contributed by atoms with van der Waals surface area (Å²) in [5.74, 6) is 1.50. The van der Waals surface area contributed by atoms with Crippen LogP contribution in [0.1, 0.15) is 43.8 Å². The molecule has 2 saturated heterocycles. The number of imidazole rings is 1. The van der Waals surface area contributed by atoms with Gasteiger partial charge >= 0.3 is 0 Å². The highest BCUT2D eigenvalue weighted by atomic mass is 79.9. The number of carbonyl (C=O) groups excluding carboxylic acids is 1. The first-order chi connectivity index (χ1) is 10.6. The van der Waals surface area contributed by atoms with Crippen LogP contribution in [0.2, 0.25) is 5.15 Å². The van der Waals surface area contributed by atoms with Gasteiger partial charge in [0.2, 0.25) is 5.91 Å². The molecule has 4 rings (SSSR count). The largest absolute Gasteiger partial charge is 0.339 e. The van der Waals surface area contributed by atoms with E-state index in [1.165, 1.54) is 0 Å². The summed E-state index contributed by atoms with van der Waals surface area (Å²) in [4.78, 5) is 23.0. The molecule has 5 nitrogen and oxygen atoms in total. The molecule has 2 aliphatic rings. The minimum atomic E-state index is 0.246. The highest BCUT2D eigenvalue weighted by Crippen LogP contribution is 2.36. The molecule has 0 aliphatic carbocycles. The molecule has 0 spiro atoms. The molecule has 116 valence electrons. The van der Waals surface area contributed by atoms with Gasteiger partial charge in [-0.2, -0.15) is 0 Å². The fourth-order valence-corrected chi connectivity index (χ4v) is 4.66. The highest BCUT2D eigenvalue weighted by molar-refractivity contribution is 9.10. The second-order valence-electron chi connectivity index (χ2n) is 6.06. The third kappa shape index (κ3) is 2.24. The number of nitrogens with zero attached hydrogens (tertiary/aromatic N) is 4. The van der Waals surface area contributed by atoms with Crippen LogP contribution in [0.25, 0.3) is 5.52 Å². The predicted molar refractivity (Wildman–Crippen MR) is 87.0 cm³/mol. The van der Waals surface area contributed by atoms with E-state index in [1.54, 1.807) is 6.20 Å². The van der Waals surface area contributed by atoms with Crippen LogP contribution >= 0.6 is 27.5 Å². The van der Waals surface area contributed by atoms with E-state index in [0.29, 0.717) is 28.1 Å². The summed E-state index contributed by atoms with van der Waals surface area (Å²) in [6, 6.07) is 0.428. The van der Waals surface area contributed by atoms with Gasteiger partial charge in [0.25, 0.3) is 0 Å². The van der Waals surface area contributed by atoms with Gasteiger partial charge < -0.3 is 4.90 Å². The SMILES string of the molecule is O=C1CCC[C@@H]2CC[C@H](c3nc(Br)c4c(Cl)nccn34)CN12. The maximum atomic E-state index is 12.2. The third-order valence-corrected chi connectivity index (χ3v) is 5.64. The van der Waals surface area contributed by atoms with E-state index in [2.05, 4.69) is 30.8 Å².